The molecule has 24 heavy (non-hydrogen) atoms. The van der Waals surface area contributed by atoms with E-state index >= 15 is 0 Å². The van der Waals surface area contributed by atoms with Crippen molar-refractivity contribution in [2.75, 3.05) is 5.32 Å². The maximum Gasteiger partial charge on any atom is 0.261 e. The number of carbonyl (C=O) groups is 1. The van der Waals surface area contributed by atoms with E-state index in [1.807, 2.05) is 26.0 Å². The summed E-state index contributed by atoms with van der Waals surface area (Å²) >= 11 is 6.05. The summed E-state index contributed by atoms with van der Waals surface area (Å²) in [6.07, 6.45) is 1.40. The molecule has 1 aromatic heterocycles. The number of benzene rings is 2. The number of rotatable bonds is 3. The first-order chi connectivity index (χ1) is 11.5. The average molecular weight is 342 g/mol. The highest BCUT2D eigenvalue weighted by Crippen LogP contribution is 2.20. The van der Waals surface area contributed by atoms with E-state index in [1.54, 1.807) is 24.3 Å². The second-order valence-electron chi connectivity index (χ2n) is 5.66. The number of amides is 1. The highest BCUT2D eigenvalue weighted by Gasteiger charge is 2.10. The van der Waals surface area contributed by atoms with Gasteiger partial charge in [-0.25, -0.2) is 4.98 Å². The molecule has 122 valence electrons. The van der Waals surface area contributed by atoms with Crippen LogP contribution in [-0.4, -0.2) is 15.5 Å². The molecule has 1 N–H and O–H groups in total. The number of aromatic nitrogens is 2. The Morgan fingerprint density at radius 2 is 2.00 bits per heavy atom. The molecule has 0 fully saturated rings. The Kier molecular flexibility index (Phi) is 4.36. The normalized spacial score (nSPS) is 10.8. The lowest BCUT2D eigenvalue weighted by molar-refractivity contribution is -0.116. The molecule has 2 aromatic carbocycles. The third kappa shape index (κ3) is 3.16. The summed E-state index contributed by atoms with van der Waals surface area (Å²) in [6, 6.07) is 10.7. The van der Waals surface area contributed by atoms with Gasteiger partial charge in [-0.1, -0.05) is 29.8 Å². The van der Waals surface area contributed by atoms with Gasteiger partial charge in [0.15, 0.2) is 0 Å². The van der Waals surface area contributed by atoms with Crippen molar-refractivity contribution >= 4 is 34.1 Å². The molecule has 0 aliphatic heterocycles. The van der Waals surface area contributed by atoms with E-state index in [2.05, 4.69) is 10.3 Å². The van der Waals surface area contributed by atoms with Crippen molar-refractivity contribution in [2.45, 2.75) is 20.4 Å². The highest BCUT2D eigenvalue weighted by molar-refractivity contribution is 6.31. The van der Waals surface area contributed by atoms with Gasteiger partial charge in [-0.05, 0) is 43.2 Å². The minimum absolute atomic E-state index is 0.110. The largest absolute Gasteiger partial charge is 0.324 e. The van der Waals surface area contributed by atoms with Gasteiger partial charge in [0.1, 0.15) is 6.54 Å². The topological polar surface area (TPSA) is 64.0 Å². The van der Waals surface area contributed by atoms with Crippen LogP contribution in [0.5, 0.6) is 0 Å². The number of nitrogens with zero attached hydrogens (tertiary/aromatic N) is 2. The van der Waals surface area contributed by atoms with Crippen molar-refractivity contribution in [1.29, 1.82) is 0 Å². The van der Waals surface area contributed by atoms with Crippen LogP contribution in [0.15, 0.2) is 47.5 Å². The number of hydrogen-bond acceptors (Lipinski definition) is 3. The van der Waals surface area contributed by atoms with Crippen LogP contribution in [0.2, 0.25) is 5.02 Å². The van der Waals surface area contributed by atoms with E-state index in [4.69, 9.17) is 11.6 Å². The molecule has 1 heterocycles. The van der Waals surface area contributed by atoms with Crippen LogP contribution in [0.3, 0.4) is 0 Å². The molecule has 0 radical (unpaired) electrons. The standard InChI is InChI=1S/C18H16ClN3O2/c1-11-6-7-13(8-15(11)19)21-16(23)9-22-10-20-17-12(2)4-3-5-14(17)18(22)24/h3-8,10H,9H2,1-2H3,(H,21,23). The molecule has 3 aromatic rings. The minimum Gasteiger partial charge on any atom is -0.324 e. The van der Waals surface area contributed by atoms with Crippen molar-refractivity contribution < 1.29 is 4.79 Å². The summed E-state index contributed by atoms with van der Waals surface area (Å²) in [4.78, 5) is 29.0. The van der Waals surface area contributed by atoms with E-state index < -0.39 is 0 Å². The molecular weight excluding hydrogens is 326 g/mol. The number of fused-ring (bicyclic) bond motifs is 1. The summed E-state index contributed by atoms with van der Waals surface area (Å²) in [5.41, 5.74) is 2.87. The van der Waals surface area contributed by atoms with Crippen LogP contribution in [0, 0.1) is 13.8 Å². The molecule has 0 atom stereocenters. The van der Waals surface area contributed by atoms with Crippen LogP contribution in [0.4, 0.5) is 5.69 Å². The first kappa shape index (κ1) is 16.2. The fourth-order valence-corrected chi connectivity index (χ4v) is 2.66. The minimum atomic E-state index is -0.314. The molecule has 0 bridgehead atoms. The number of aryl methyl sites for hydroxylation is 2. The molecule has 1 amide bonds. The lowest BCUT2D eigenvalue weighted by Crippen LogP contribution is -2.28. The van der Waals surface area contributed by atoms with Gasteiger partial charge in [-0.15, -0.1) is 0 Å². The first-order valence-electron chi connectivity index (χ1n) is 7.46. The highest BCUT2D eigenvalue weighted by atomic mass is 35.5. The quantitative estimate of drug-likeness (QED) is 0.795. The number of carbonyl (C=O) groups excluding carboxylic acids is 1. The Hall–Kier alpha value is -2.66. The number of anilines is 1. The van der Waals surface area contributed by atoms with E-state index in [9.17, 15) is 9.59 Å². The number of hydrogen-bond donors (Lipinski definition) is 1. The summed E-state index contributed by atoms with van der Waals surface area (Å²) in [7, 11) is 0. The SMILES string of the molecule is Cc1ccc(NC(=O)Cn2cnc3c(C)cccc3c2=O)cc1Cl. The first-order valence-corrected chi connectivity index (χ1v) is 7.84. The van der Waals surface area contributed by atoms with Crippen molar-refractivity contribution in [1.82, 2.24) is 9.55 Å². The van der Waals surface area contributed by atoms with Gasteiger partial charge in [0.2, 0.25) is 5.91 Å². The molecule has 6 heteroatoms. The molecule has 5 nitrogen and oxygen atoms in total. The fraction of sp³-hybridized carbons (Fsp3) is 0.167. The average Bonchev–Trinajstić information content (AvgIpc) is 2.54. The predicted molar refractivity (Wildman–Crippen MR) is 95.6 cm³/mol. The van der Waals surface area contributed by atoms with Gasteiger partial charge in [0, 0.05) is 10.7 Å². The molecule has 0 aliphatic rings. The van der Waals surface area contributed by atoms with E-state index in [0.717, 1.165) is 11.1 Å². The molecule has 0 saturated carbocycles. The van der Waals surface area contributed by atoms with E-state index in [0.29, 0.717) is 21.6 Å². The van der Waals surface area contributed by atoms with Gasteiger partial charge in [-0.2, -0.15) is 0 Å². The van der Waals surface area contributed by atoms with Crippen LogP contribution >= 0.6 is 11.6 Å². The van der Waals surface area contributed by atoms with Gasteiger partial charge >= 0.3 is 0 Å². The lowest BCUT2D eigenvalue weighted by Gasteiger charge is -2.09. The molecule has 0 saturated heterocycles. The van der Waals surface area contributed by atoms with Crippen molar-refractivity contribution in [3.63, 3.8) is 0 Å². The zero-order valence-electron chi connectivity index (χ0n) is 13.3. The predicted octanol–water partition coefficient (Wildman–Crippen LogP) is 3.31. The molecular formula is C18H16ClN3O2. The van der Waals surface area contributed by atoms with Gasteiger partial charge < -0.3 is 5.32 Å². The third-order valence-electron chi connectivity index (χ3n) is 3.82. The Morgan fingerprint density at radius 3 is 2.75 bits per heavy atom. The van der Waals surface area contributed by atoms with Gasteiger partial charge in [-0.3, -0.25) is 14.2 Å². The van der Waals surface area contributed by atoms with Crippen molar-refractivity contribution in [2.24, 2.45) is 0 Å². The maximum atomic E-state index is 12.5. The Morgan fingerprint density at radius 1 is 1.21 bits per heavy atom. The summed E-state index contributed by atoms with van der Waals surface area (Å²) in [6.45, 7) is 3.67. The smallest absolute Gasteiger partial charge is 0.261 e. The molecule has 3 rings (SSSR count). The lowest BCUT2D eigenvalue weighted by atomic mass is 10.1. The molecule has 0 spiro atoms. The summed E-state index contributed by atoms with van der Waals surface area (Å²) in [5.74, 6) is -0.314. The molecule has 0 unspecified atom stereocenters. The van der Waals surface area contributed by atoms with Gasteiger partial charge in [0.25, 0.3) is 5.56 Å². The van der Waals surface area contributed by atoms with Crippen LogP contribution in [0.1, 0.15) is 11.1 Å². The number of para-hydroxylation sites is 1. The zero-order chi connectivity index (χ0) is 17.3. The number of halogens is 1. The van der Waals surface area contributed by atoms with Crippen LogP contribution in [-0.2, 0) is 11.3 Å². The summed E-state index contributed by atoms with van der Waals surface area (Å²) in [5, 5.41) is 3.81. The third-order valence-corrected chi connectivity index (χ3v) is 4.23. The Balaban J connectivity index is 1.84. The zero-order valence-corrected chi connectivity index (χ0v) is 14.1. The van der Waals surface area contributed by atoms with Crippen molar-refractivity contribution in [3.05, 3.63) is 69.2 Å². The van der Waals surface area contributed by atoms with Crippen LogP contribution < -0.4 is 10.9 Å². The monoisotopic (exact) mass is 341 g/mol. The van der Waals surface area contributed by atoms with E-state index in [-0.39, 0.29) is 18.0 Å². The van der Waals surface area contributed by atoms with Crippen LogP contribution in [0.25, 0.3) is 10.9 Å². The second kappa shape index (κ2) is 6.45. The second-order valence-corrected chi connectivity index (χ2v) is 6.07. The summed E-state index contributed by atoms with van der Waals surface area (Å²) < 4.78 is 1.30. The van der Waals surface area contributed by atoms with Gasteiger partial charge in [0.05, 0.1) is 17.2 Å². The fourth-order valence-electron chi connectivity index (χ4n) is 2.48. The van der Waals surface area contributed by atoms with Crippen molar-refractivity contribution in [3.8, 4) is 0 Å². The molecule has 0 aliphatic carbocycles. The number of nitrogens with one attached hydrogen (secondary N) is 1. The Labute approximate surface area is 143 Å². The maximum absolute atomic E-state index is 12.5. The Bertz CT molecular complexity index is 995. The van der Waals surface area contributed by atoms with E-state index in [1.165, 1.54) is 10.9 Å².